The lowest BCUT2D eigenvalue weighted by molar-refractivity contribution is -0.139. The summed E-state index contributed by atoms with van der Waals surface area (Å²) in [6.07, 6.45) is 2.13. The van der Waals surface area contributed by atoms with E-state index in [-0.39, 0.29) is 0 Å². The van der Waals surface area contributed by atoms with Gasteiger partial charge in [-0.2, -0.15) is 0 Å². The molecule has 1 atom stereocenters. The van der Waals surface area contributed by atoms with E-state index in [4.69, 9.17) is 34.0 Å². The van der Waals surface area contributed by atoms with Gasteiger partial charge in [-0.25, -0.2) is 0 Å². The highest BCUT2D eigenvalue weighted by Crippen LogP contribution is 2.24. The zero-order valence-corrected chi connectivity index (χ0v) is 12.0. The van der Waals surface area contributed by atoms with Gasteiger partial charge in [0.25, 0.3) is 0 Å². The quantitative estimate of drug-likeness (QED) is 0.645. The Hall–Kier alpha value is -0.810. The number of hydrogen-bond acceptors (Lipinski definition) is 3. The molecule has 106 valence electrons. The van der Waals surface area contributed by atoms with Gasteiger partial charge in [0.15, 0.2) is 0 Å². The molecule has 0 saturated carbocycles. The van der Waals surface area contributed by atoms with Crippen LogP contribution in [0, 0.1) is 0 Å². The van der Waals surface area contributed by atoms with E-state index < -0.39 is 12.0 Å². The van der Waals surface area contributed by atoms with E-state index >= 15 is 0 Å². The third kappa shape index (κ3) is 5.37. The van der Waals surface area contributed by atoms with Crippen LogP contribution in [0.15, 0.2) is 18.2 Å². The molecule has 0 amide bonds. The van der Waals surface area contributed by atoms with Crippen molar-refractivity contribution in [2.45, 2.75) is 31.8 Å². The summed E-state index contributed by atoms with van der Waals surface area (Å²) in [4.78, 5) is 11.1. The second-order valence-electron chi connectivity index (χ2n) is 4.26. The van der Waals surface area contributed by atoms with Crippen molar-refractivity contribution in [1.29, 1.82) is 0 Å². The number of carbonyl (C=O) groups is 1. The van der Waals surface area contributed by atoms with Crippen LogP contribution >= 0.6 is 23.2 Å². The van der Waals surface area contributed by atoms with E-state index in [1.54, 1.807) is 18.2 Å². The standard InChI is InChI=1S/C13H18Cl2N2O2/c14-10-4-3-5-11(15)9(10)8-17-12(13(18)19)6-1-2-7-16/h3-5,12,17H,1-2,6-8,16H2,(H,18,19)/t12-/m0/s1. The summed E-state index contributed by atoms with van der Waals surface area (Å²) in [5.41, 5.74) is 6.11. The third-order valence-corrected chi connectivity index (χ3v) is 3.54. The summed E-state index contributed by atoms with van der Waals surface area (Å²) in [5.74, 6) is -0.875. The lowest BCUT2D eigenvalue weighted by Gasteiger charge is -2.15. The first-order chi connectivity index (χ1) is 9.06. The number of nitrogens with one attached hydrogen (secondary N) is 1. The molecule has 0 radical (unpaired) electrons. The van der Waals surface area contributed by atoms with Crippen molar-refractivity contribution in [2.75, 3.05) is 6.54 Å². The van der Waals surface area contributed by atoms with Crippen molar-refractivity contribution in [2.24, 2.45) is 5.73 Å². The highest BCUT2D eigenvalue weighted by Gasteiger charge is 2.17. The van der Waals surface area contributed by atoms with Crippen molar-refractivity contribution in [3.05, 3.63) is 33.8 Å². The fourth-order valence-corrected chi connectivity index (χ4v) is 2.26. The van der Waals surface area contributed by atoms with Gasteiger partial charge >= 0.3 is 5.97 Å². The van der Waals surface area contributed by atoms with Crippen LogP contribution in [0.5, 0.6) is 0 Å². The van der Waals surface area contributed by atoms with Crippen LogP contribution in [-0.2, 0) is 11.3 Å². The Bertz CT molecular complexity index is 407. The average Bonchev–Trinajstić information content (AvgIpc) is 2.35. The van der Waals surface area contributed by atoms with Crippen LogP contribution in [0.1, 0.15) is 24.8 Å². The van der Waals surface area contributed by atoms with Crippen LogP contribution in [-0.4, -0.2) is 23.7 Å². The van der Waals surface area contributed by atoms with Gasteiger partial charge in [-0.1, -0.05) is 35.7 Å². The lowest BCUT2D eigenvalue weighted by atomic mass is 10.1. The van der Waals surface area contributed by atoms with Gasteiger partial charge in [0.05, 0.1) is 0 Å². The Kier molecular flexibility index (Phi) is 7.16. The number of nitrogens with two attached hydrogens (primary N) is 1. The number of rotatable bonds is 8. The van der Waals surface area contributed by atoms with Crippen molar-refractivity contribution < 1.29 is 9.90 Å². The van der Waals surface area contributed by atoms with Crippen LogP contribution in [0.2, 0.25) is 10.0 Å². The highest BCUT2D eigenvalue weighted by molar-refractivity contribution is 6.35. The molecule has 0 aliphatic heterocycles. The number of halogens is 2. The normalized spacial score (nSPS) is 12.4. The molecule has 6 heteroatoms. The van der Waals surface area contributed by atoms with Gasteiger partial charge in [-0.05, 0) is 31.5 Å². The molecule has 4 nitrogen and oxygen atoms in total. The van der Waals surface area contributed by atoms with Crippen LogP contribution in [0.3, 0.4) is 0 Å². The topological polar surface area (TPSA) is 75.3 Å². The minimum Gasteiger partial charge on any atom is -0.480 e. The fourth-order valence-electron chi connectivity index (χ4n) is 1.73. The average molecular weight is 305 g/mol. The maximum atomic E-state index is 11.1. The molecule has 4 N–H and O–H groups in total. The molecular formula is C13H18Cl2N2O2. The Balaban J connectivity index is 2.58. The number of benzene rings is 1. The third-order valence-electron chi connectivity index (χ3n) is 2.83. The molecule has 0 aliphatic carbocycles. The summed E-state index contributed by atoms with van der Waals surface area (Å²) in [6.45, 7) is 0.904. The number of aliphatic carboxylic acids is 1. The molecule has 1 rings (SSSR count). The zero-order chi connectivity index (χ0) is 14.3. The summed E-state index contributed by atoms with van der Waals surface area (Å²) >= 11 is 12.1. The van der Waals surface area contributed by atoms with Gasteiger partial charge in [0, 0.05) is 22.2 Å². The van der Waals surface area contributed by atoms with E-state index in [2.05, 4.69) is 5.32 Å². The molecule has 0 fully saturated rings. The van der Waals surface area contributed by atoms with E-state index in [9.17, 15) is 4.79 Å². The Morgan fingerprint density at radius 1 is 1.32 bits per heavy atom. The largest absolute Gasteiger partial charge is 0.480 e. The number of carboxylic acids is 1. The smallest absolute Gasteiger partial charge is 0.320 e. The van der Waals surface area contributed by atoms with Crippen molar-refractivity contribution in [3.63, 3.8) is 0 Å². The minimum atomic E-state index is -0.875. The monoisotopic (exact) mass is 304 g/mol. The molecule has 0 bridgehead atoms. The summed E-state index contributed by atoms with van der Waals surface area (Å²) < 4.78 is 0. The van der Waals surface area contributed by atoms with Crippen LogP contribution in [0.25, 0.3) is 0 Å². The Morgan fingerprint density at radius 3 is 2.47 bits per heavy atom. The molecular weight excluding hydrogens is 287 g/mol. The molecule has 0 saturated heterocycles. The maximum absolute atomic E-state index is 11.1. The molecule has 0 aromatic heterocycles. The number of carboxylic acid groups (broad SMARTS) is 1. The van der Waals surface area contributed by atoms with Gasteiger partial charge in [0.2, 0.25) is 0 Å². The van der Waals surface area contributed by atoms with Crippen molar-refractivity contribution in [3.8, 4) is 0 Å². The second-order valence-corrected chi connectivity index (χ2v) is 5.07. The lowest BCUT2D eigenvalue weighted by Crippen LogP contribution is -2.36. The van der Waals surface area contributed by atoms with Crippen LogP contribution < -0.4 is 11.1 Å². The van der Waals surface area contributed by atoms with Gasteiger partial charge in [-0.15, -0.1) is 0 Å². The predicted octanol–water partition coefficient (Wildman–Crippen LogP) is 2.67. The highest BCUT2D eigenvalue weighted by atomic mass is 35.5. The van der Waals surface area contributed by atoms with E-state index in [1.807, 2.05) is 0 Å². The Labute approximate surface area is 122 Å². The molecule has 1 aromatic rings. The van der Waals surface area contributed by atoms with Crippen molar-refractivity contribution in [1.82, 2.24) is 5.32 Å². The first-order valence-electron chi connectivity index (χ1n) is 6.15. The minimum absolute atomic E-state index is 0.331. The number of unbranched alkanes of at least 4 members (excludes halogenated alkanes) is 1. The van der Waals surface area contributed by atoms with Gasteiger partial charge in [-0.3, -0.25) is 4.79 Å². The molecule has 0 heterocycles. The van der Waals surface area contributed by atoms with E-state index in [0.29, 0.717) is 29.6 Å². The van der Waals surface area contributed by atoms with Gasteiger partial charge in [0.1, 0.15) is 6.04 Å². The molecule has 19 heavy (non-hydrogen) atoms. The zero-order valence-electron chi connectivity index (χ0n) is 10.5. The first kappa shape index (κ1) is 16.2. The number of hydrogen-bond donors (Lipinski definition) is 3. The second kappa shape index (κ2) is 8.38. The molecule has 0 unspecified atom stereocenters. The van der Waals surface area contributed by atoms with Gasteiger partial charge < -0.3 is 16.2 Å². The predicted molar refractivity (Wildman–Crippen MR) is 77.6 cm³/mol. The maximum Gasteiger partial charge on any atom is 0.320 e. The fraction of sp³-hybridized carbons (Fsp3) is 0.462. The molecule has 0 spiro atoms. The molecule has 1 aromatic carbocycles. The van der Waals surface area contributed by atoms with E-state index in [0.717, 1.165) is 18.4 Å². The van der Waals surface area contributed by atoms with E-state index in [1.165, 1.54) is 0 Å². The Morgan fingerprint density at radius 2 is 1.95 bits per heavy atom. The molecule has 0 aliphatic rings. The van der Waals surface area contributed by atoms with Crippen molar-refractivity contribution >= 4 is 29.2 Å². The first-order valence-corrected chi connectivity index (χ1v) is 6.91. The van der Waals surface area contributed by atoms with Crippen LogP contribution in [0.4, 0.5) is 0 Å². The summed E-state index contributed by atoms with van der Waals surface area (Å²) in [5, 5.41) is 13.2. The SMILES string of the molecule is NCCCC[C@H](NCc1c(Cl)cccc1Cl)C(=O)O. The summed E-state index contributed by atoms with van der Waals surface area (Å²) in [6, 6.07) is 4.60. The summed E-state index contributed by atoms with van der Waals surface area (Å²) in [7, 11) is 0.